The third-order valence-electron chi connectivity index (χ3n) is 23.5. The Labute approximate surface area is 674 Å². The van der Waals surface area contributed by atoms with Crippen LogP contribution in [0.5, 0.6) is 0 Å². The van der Waals surface area contributed by atoms with Gasteiger partial charge in [-0.1, -0.05) is 136 Å². The van der Waals surface area contributed by atoms with Crippen LogP contribution in [-0.2, 0) is 4.79 Å². The number of aromatic amines is 5. The van der Waals surface area contributed by atoms with Crippen LogP contribution in [0, 0.1) is 0 Å². The van der Waals surface area contributed by atoms with Gasteiger partial charge in [0.05, 0.1) is 11.6 Å². The van der Waals surface area contributed by atoms with Crippen LogP contribution in [0.3, 0.4) is 0 Å². The Hall–Kier alpha value is -6.51. The number of Topliss-reactive ketones (excluding diaryl/α,β-unsaturated/α-hetero) is 1. The van der Waals surface area contributed by atoms with Crippen molar-refractivity contribution in [2.24, 2.45) is 0 Å². The van der Waals surface area contributed by atoms with Gasteiger partial charge in [-0.3, -0.25) is 4.79 Å². The number of ketones is 1. The molecule has 6 N–H and O–H groups in total. The molecule has 0 aliphatic heterocycles. The van der Waals surface area contributed by atoms with Crippen molar-refractivity contribution in [2.45, 2.75) is 268 Å². The van der Waals surface area contributed by atoms with E-state index in [1.54, 1.807) is 18.0 Å². The zero-order chi connectivity index (χ0) is 74.4. The molecule has 107 heavy (non-hydrogen) atoms. The molecule has 6 aliphatic rings. The Kier molecular flexibility index (Phi) is 32.2. The molecular weight excluding hydrogens is 1480 g/mol. The Morgan fingerprint density at radius 2 is 0.935 bits per heavy atom. The van der Waals surface area contributed by atoms with E-state index in [2.05, 4.69) is 196 Å². The number of hydrogen-bond acceptors (Lipinski definition) is 8. The van der Waals surface area contributed by atoms with Crippen LogP contribution in [0.2, 0.25) is 16.6 Å². The SMILES string of the molecule is Brc1ccc2c(C3CCCCC3)c[nH]c2n1.C1=C(c2c[nH]c3ncccc23)CCCC1.CC(C)[Si](C(C)C)(C(C)C)n1cc(C2CCCCC2)c2ccc(Br)nc21.C[O-].O=C1CCCCC1.O[n+]1cccc2c(C3CCCCC3)c[nH]c21.[Na+].c1cnc2[nH]cc(C3CCCCC3)c2c1.c1cnc2[nH]ccc2c1. The summed E-state index contributed by atoms with van der Waals surface area (Å²) in [5.74, 6) is 3.35. The number of allylic oxidation sites excluding steroid dienone is 2. The number of nitrogens with zero attached hydrogens (tertiary/aromatic N) is 7. The number of carbonyl (C=O) groups is 1. The van der Waals surface area contributed by atoms with Gasteiger partial charge in [0.1, 0.15) is 49.4 Å². The molecule has 564 valence electrons. The number of rotatable bonds is 9. The first-order valence-electron chi connectivity index (χ1n) is 40.1. The second-order valence-electron chi connectivity index (χ2n) is 31.0. The van der Waals surface area contributed by atoms with Crippen LogP contribution in [0.25, 0.3) is 71.8 Å². The fraction of sp³-hybridized carbons (Fsp3) is 0.489. The summed E-state index contributed by atoms with van der Waals surface area (Å²) in [7, 11) is -1.05. The Balaban J connectivity index is 0.000000136. The summed E-state index contributed by atoms with van der Waals surface area (Å²) in [6.07, 6.45) is 59.9. The van der Waals surface area contributed by atoms with Crippen molar-refractivity contribution in [3.05, 3.63) is 184 Å². The van der Waals surface area contributed by atoms with E-state index in [0.717, 1.165) is 92.8 Å². The Morgan fingerprint density at radius 3 is 1.48 bits per heavy atom. The summed E-state index contributed by atoms with van der Waals surface area (Å²) in [6.45, 7) is 14.6. The number of nitrogens with one attached hydrogen (secondary N) is 5. The number of aromatic nitrogens is 12. The molecule has 12 aromatic rings. The molecule has 0 amide bonds. The smallest absolute Gasteiger partial charge is 0.857 e. The Morgan fingerprint density at radius 1 is 0.477 bits per heavy atom. The van der Waals surface area contributed by atoms with Gasteiger partial charge in [-0.2, -0.15) is 7.11 Å². The van der Waals surface area contributed by atoms with E-state index < -0.39 is 8.24 Å². The Bertz CT molecular complexity index is 4650. The number of H-pyrrole nitrogens is 5. The summed E-state index contributed by atoms with van der Waals surface area (Å²) in [5, 5.41) is 25.5. The maximum atomic E-state index is 10.5. The molecule has 0 radical (unpaired) electrons. The number of pyridine rings is 6. The van der Waals surface area contributed by atoms with Crippen molar-refractivity contribution in [1.29, 1.82) is 0 Å². The molecule has 0 bridgehead atoms. The minimum atomic E-state index is -1.80. The van der Waals surface area contributed by atoms with Crippen molar-refractivity contribution in [2.75, 3.05) is 7.11 Å². The van der Waals surface area contributed by atoms with Crippen LogP contribution in [0.4, 0.5) is 0 Å². The van der Waals surface area contributed by atoms with Crippen LogP contribution < -0.4 is 39.4 Å². The quantitative estimate of drug-likeness (QED) is 0.0353. The molecule has 19 heteroatoms. The van der Waals surface area contributed by atoms with Crippen LogP contribution in [0.1, 0.15) is 279 Å². The van der Waals surface area contributed by atoms with Crippen LogP contribution >= 0.6 is 31.9 Å². The molecule has 0 aromatic carbocycles. The fourth-order valence-corrected chi connectivity index (χ4v) is 25.6. The number of carbonyl (C=O) groups excluding carboxylic acids is 1. The van der Waals surface area contributed by atoms with E-state index in [1.807, 2.05) is 61.1 Å². The zero-order valence-corrected chi connectivity index (χ0v) is 71.2. The van der Waals surface area contributed by atoms with E-state index in [9.17, 15) is 10.0 Å². The maximum Gasteiger partial charge on any atom is 1.00 e. The first-order valence-corrected chi connectivity index (χ1v) is 43.9. The minimum Gasteiger partial charge on any atom is -0.857 e. The molecule has 12 aromatic heterocycles. The predicted octanol–water partition coefficient (Wildman–Crippen LogP) is 21.2. The summed E-state index contributed by atoms with van der Waals surface area (Å²) in [6, 6.07) is 26.9. The average Bonchev–Trinajstić information content (AvgIpc) is 1.55. The number of halogens is 2. The third-order valence-corrected chi connectivity index (χ3v) is 31.1. The molecule has 0 saturated heterocycles. The van der Waals surface area contributed by atoms with E-state index >= 15 is 0 Å². The molecule has 6 aliphatic carbocycles. The van der Waals surface area contributed by atoms with Gasteiger partial charge in [0.25, 0.3) is 0 Å². The largest absolute Gasteiger partial charge is 1.00 e. The van der Waals surface area contributed by atoms with E-state index in [4.69, 9.17) is 10.1 Å². The van der Waals surface area contributed by atoms with Crippen LogP contribution in [-0.4, -0.2) is 80.4 Å². The van der Waals surface area contributed by atoms with Crippen molar-refractivity contribution in [1.82, 2.24) is 54.1 Å². The maximum absolute atomic E-state index is 10.5. The molecule has 5 saturated carbocycles. The summed E-state index contributed by atoms with van der Waals surface area (Å²) in [5.41, 5.74) is 16.8. The van der Waals surface area contributed by atoms with Gasteiger partial charge < -0.3 is 34.5 Å². The van der Waals surface area contributed by atoms with E-state index in [0.29, 0.717) is 34.2 Å². The van der Waals surface area contributed by atoms with Crippen molar-refractivity contribution in [3.8, 4) is 0 Å². The fourth-order valence-electron chi connectivity index (χ4n) is 18.4. The van der Waals surface area contributed by atoms with Gasteiger partial charge in [0.2, 0.25) is 0 Å². The van der Waals surface area contributed by atoms with Gasteiger partial charge in [0.15, 0.2) is 8.24 Å². The standard InChI is InChI=1S/C22H35BrN2Si.C13H15BrN2.C13H16N2O.C13H16N2.C13H14N2.C7H6N2.C6H10O.CH3O.Na/c1-15(2)26(16(3)4,17(5)6)25-14-20(18-10-8-7-9-11-18)19-12-13-21(23)24-22(19)25;14-12-7-6-10-11(8-15-13(10)16-12)9-4-2-1-3-5-9;16-15-8-4-7-11-12(9-14-13(11)15)10-5-2-1-3-6-10;2*1-2-5-10(6-3-1)12-9-15-13-11(12)7-4-8-14-13;1-2-6-3-5-9-7(6)8-4-1;7-6-4-2-1-3-5-6;1-2;/h12-18H,7-11H2,1-6H3;6-9H,1-5H2,(H,15,16);4,7-10,16H,1-3,5-6H2;4,7-10H,1-3,5-6H2,(H,14,15);4-5,7-9H,1-3,6H2,(H,14,15);1-5H,(H,8,9);1-5H2;1H3;/q;;;;;;;-1;+1/p+1. The molecule has 12 heterocycles. The van der Waals surface area contributed by atoms with Gasteiger partial charge in [-0.05, 0) is 263 Å². The van der Waals surface area contributed by atoms with Gasteiger partial charge >= 0.3 is 35.2 Å². The van der Waals surface area contributed by atoms with Crippen LogP contribution in [0.15, 0.2) is 156 Å². The first kappa shape index (κ1) is 83.0. The minimum absolute atomic E-state index is 0. The monoisotopic (exact) mass is 1600 g/mol. The molecule has 18 rings (SSSR count). The molecule has 5 fully saturated rings. The zero-order valence-electron chi connectivity index (χ0n) is 65.1. The second kappa shape index (κ2) is 41.5. The van der Waals surface area contributed by atoms with E-state index in [1.165, 1.54) is 220 Å². The normalized spacial score (nSPS) is 16.9. The van der Waals surface area contributed by atoms with E-state index in [-0.39, 0.29) is 29.6 Å². The average molecular weight is 1600 g/mol. The molecule has 0 atom stereocenters. The summed E-state index contributed by atoms with van der Waals surface area (Å²) in [4.78, 5) is 48.6. The van der Waals surface area contributed by atoms with Crippen molar-refractivity contribution in [3.63, 3.8) is 0 Å². The summed E-state index contributed by atoms with van der Waals surface area (Å²) < 4.78 is 5.73. The number of hydrogen-bond donors (Lipinski definition) is 6. The van der Waals surface area contributed by atoms with Crippen molar-refractivity contribution < 1.29 is 49.4 Å². The van der Waals surface area contributed by atoms with Gasteiger partial charge in [-0.25, -0.2) is 29.9 Å². The summed E-state index contributed by atoms with van der Waals surface area (Å²) >= 11 is 7.05. The van der Waals surface area contributed by atoms with Gasteiger partial charge in [0, 0.05) is 100 Å². The number of fused-ring (bicyclic) bond motifs is 6. The topological polar surface area (TPSA) is 213 Å². The van der Waals surface area contributed by atoms with Crippen molar-refractivity contribution >= 4 is 118 Å². The first-order chi connectivity index (χ1) is 51.8. The third kappa shape index (κ3) is 20.9. The van der Waals surface area contributed by atoms with Gasteiger partial charge in [-0.15, -0.1) is 0 Å². The molecule has 0 spiro atoms. The molecular formula is C88H116Br2N12NaO3Si+. The predicted molar refractivity (Wildman–Crippen MR) is 445 cm³/mol. The molecule has 0 unspecified atom stereocenters. The second-order valence-corrected chi connectivity index (χ2v) is 38.4. The molecule has 15 nitrogen and oxygen atoms in total.